The Kier molecular flexibility index (Phi) is 6.58. The molecule has 19 heavy (non-hydrogen) atoms. The summed E-state index contributed by atoms with van der Waals surface area (Å²) in [5.74, 6) is 5.02. The largest absolute Gasteiger partial charge is 0.385 e. The highest BCUT2D eigenvalue weighted by atomic mass is 16.5. The first kappa shape index (κ1) is 15.2. The van der Waals surface area contributed by atoms with Gasteiger partial charge in [-0.2, -0.15) is 0 Å². The molecule has 0 radical (unpaired) electrons. The van der Waals surface area contributed by atoms with Crippen molar-refractivity contribution < 1.29 is 14.6 Å². The molecule has 1 aromatic rings. The number of aromatic nitrogens is 1. The van der Waals surface area contributed by atoms with E-state index in [1.807, 2.05) is 6.92 Å². The maximum Gasteiger partial charge on any atom is 0.270 e. The van der Waals surface area contributed by atoms with Crippen LogP contribution in [0, 0.1) is 11.8 Å². The predicted octanol–water partition coefficient (Wildman–Crippen LogP) is 0.580. The summed E-state index contributed by atoms with van der Waals surface area (Å²) in [6.07, 6.45) is 2.26. The Labute approximate surface area is 113 Å². The van der Waals surface area contributed by atoms with E-state index < -0.39 is 0 Å². The molecule has 0 spiro atoms. The molecule has 1 atom stereocenters. The van der Waals surface area contributed by atoms with Gasteiger partial charge in [0.05, 0.1) is 0 Å². The summed E-state index contributed by atoms with van der Waals surface area (Å²) in [5, 5.41) is 11.4. The van der Waals surface area contributed by atoms with Crippen molar-refractivity contribution in [2.45, 2.75) is 19.4 Å². The van der Waals surface area contributed by atoms with Crippen LogP contribution in [-0.4, -0.2) is 42.4 Å². The van der Waals surface area contributed by atoms with Gasteiger partial charge in [0, 0.05) is 31.5 Å². The third-order valence-electron chi connectivity index (χ3n) is 2.44. The standard InChI is InChI=1S/C14H18N2O3/c1-11(7-9-19-2)16-14(18)13-6-5-12(10-15-13)4-3-8-17/h5-6,10-11,17H,7-9H2,1-2H3,(H,16,18). The first-order valence-corrected chi connectivity index (χ1v) is 6.03. The monoisotopic (exact) mass is 262 g/mol. The van der Waals surface area contributed by atoms with E-state index in [0.29, 0.717) is 17.9 Å². The number of carbonyl (C=O) groups is 1. The lowest BCUT2D eigenvalue weighted by molar-refractivity contribution is 0.0924. The molecule has 1 rings (SSSR count). The molecular formula is C14H18N2O3. The number of ether oxygens (including phenoxy) is 1. The number of hydrogen-bond acceptors (Lipinski definition) is 4. The summed E-state index contributed by atoms with van der Waals surface area (Å²) >= 11 is 0. The van der Waals surface area contributed by atoms with E-state index in [0.717, 1.165) is 6.42 Å². The minimum absolute atomic E-state index is 0.0307. The van der Waals surface area contributed by atoms with Gasteiger partial charge in [-0.05, 0) is 25.5 Å². The number of nitrogens with zero attached hydrogens (tertiary/aromatic N) is 1. The van der Waals surface area contributed by atoms with Crippen LogP contribution >= 0.6 is 0 Å². The van der Waals surface area contributed by atoms with Gasteiger partial charge in [-0.25, -0.2) is 4.98 Å². The first-order valence-electron chi connectivity index (χ1n) is 6.03. The van der Waals surface area contributed by atoms with E-state index in [-0.39, 0.29) is 18.6 Å². The number of methoxy groups -OCH3 is 1. The highest BCUT2D eigenvalue weighted by Gasteiger charge is 2.10. The number of rotatable bonds is 5. The molecule has 5 nitrogen and oxygen atoms in total. The van der Waals surface area contributed by atoms with Crippen molar-refractivity contribution in [2.24, 2.45) is 0 Å². The van der Waals surface area contributed by atoms with Crippen LogP contribution in [0.1, 0.15) is 29.4 Å². The van der Waals surface area contributed by atoms with Crippen LogP contribution in [0.15, 0.2) is 18.3 Å². The molecule has 0 bridgehead atoms. The molecule has 1 heterocycles. The van der Waals surface area contributed by atoms with E-state index >= 15 is 0 Å². The topological polar surface area (TPSA) is 71.5 Å². The zero-order chi connectivity index (χ0) is 14.1. The molecule has 2 N–H and O–H groups in total. The van der Waals surface area contributed by atoms with E-state index in [9.17, 15) is 4.79 Å². The Bertz CT molecular complexity index is 460. The molecule has 0 saturated heterocycles. The maximum absolute atomic E-state index is 11.9. The van der Waals surface area contributed by atoms with Gasteiger partial charge in [-0.15, -0.1) is 0 Å². The summed E-state index contributed by atoms with van der Waals surface area (Å²) in [6, 6.07) is 3.34. The SMILES string of the molecule is COCCC(C)NC(=O)c1ccc(C#CCO)cn1. The minimum atomic E-state index is -0.217. The van der Waals surface area contributed by atoms with Crippen LogP contribution in [0.2, 0.25) is 0 Å². The average Bonchev–Trinajstić information content (AvgIpc) is 2.43. The van der Waals surface area contributed by atoms with Crippen LogP contribution in [0.3, 0.4) is 0 Å². The Hall–Kier alpha value is -1.90. The van der Waals surface area contributed by atoms with Gasteiger partial charge >= 0.3 is 0 Å². The maximum atomic E-state index is 11.9. The van der Waals surface area contributed by atoms with Crippen molar-refractivity contribution in [3.05, 3.63) is 29.6 Å². The van der Waals surface area contributed by atoms with Gasteiger partial charge in [-0.1, -0.05) is 11.8 Å². The third-order valence-corrected chi connectivity index (χ3v) is 2.44. The van der Waals surface area contributed by atoms with Crippen molar-refractivity contribution in [3.8, 4) is 11.8 Å². The number of carbonyl (C=O) groups excluding carboxylic acids is 1. The number of aliphatic hydroxyl groups is 1. The molecule has 0 aliphatic carbocycles. The van der Waals surface area contributed by atoms with Crippen LogP contribution in [0.5, 0.6) is 0 Å². The fraction of sp³-hybridized carbons (Fsp3) is 0.429. The van der Waals surface area contributed by atoms with Crippen molar-refractivity contribution in [1.82, 2.24) is 10.3 Å². The highest BCUT2D eigenvalue weighted by Crippen LogP contribution is 2.00. The van der Waals surface area contributed by atoms with E-state index in [4.69, 9.17) is 9.84 Å². The van der Waals surface area contributed by atoms with Crippen LogP contribution in [0.4, 0.5) is 0 Å². The van der Waals surface area contributed by atoms with Gasteiger partial charge in [0.1, 0.15) is 12.3 Å². The molecule has 0 saturated carbocycles. The van der Waals surface area contributed by atoms with Crippen molar-refractivity contribution >= 4 is 5.91 Å². The van der Waals surface area contributed by atoms with E-state index in [1.165, 1.54) is 6.20 Å². The Morgan fingerprint density at radius 1 is 1.58 bits per heavy atom. The summed E-state index contributed by atoms with van der Waals surface area (Å²) in [4.78, 5) is 15.9. The van der Waals surface area contributed by atoms with Crippen molar-refractivity contribution in [3.63, 3.8) is 0 Å². The van der Waals surface area contributed by atoms with Crippen LogP contribution in [-0.2, 0) is 4.74 Å². The average molecular weight is 262 g/mol. The van der Waals surface area contributed by atoms with E-state index in [1.54, 1.807) is 19.2 Å². The van der Waals surface area contributed by atoms with Crippen LogP contribution < -0.4 is 5.32 Å². The molecule has 0 aliphatic heterocycles. The second kappa shape index (κ2) is 8.25. The first-order chi connectivity index (χ1) is 9.17. The van der Waals surface area contributed by atoms with E-state index in [2.05, 4.69) is 22.1 Å². The zero-order valence-electron chi connectivity index (χ0n) is 11.1. The Morgan fingerprint density at radius 2 is 2.37 bits per heavy atom. The molecule has 0 aliphatic rings. The summed E-state index contributed by atoms with van der Waals surface area (Å²) < 4.78 is 4.95. The highest BCUT2D eigenvalue weighted by molar-refractivity contribution is 5.92. The molecule has 1 aromatic heterocycles. The van der Waals surface area contributed by atoms with Crippen molar-refractivity contribution in [2.75, 3.05) is 20.3 Å². The second-order valence-corrected chi connectivity index (χ2v) is 4.05. The van der Waals surface area contributed by atoms with Gasteiger partial charge in [0.2, 0.25) is 0 Å². The fourth-order valence-electron chi connectivity index (χ4n) is 1.41. The lowest BCUT2D eigenvalue weighted by Crippen LogP contribution is -2.33. The number of aliphatic hydroxyl groups excluding tert-OH is 1. The molecule has 102 valence electrons. The summed E-state index contributed by atoms with van der Waals surface area (Å²) in [5.41, 5.74) is 1.01. The summed E-state index contributed by atoms with van der Waals surface area (Å²) in [6.45, 7) is 2.32. The molecule has 1 unspecified atom stereocenters. The summed E-state index contributed by atoms with van der Waals surface area (Å²) in [7, 11) is 1.63. The Morgan fingerprint density at radius 3 is 2.95 bits per heavy atom. The smallest absolute Gasteiger partial charge is 0.270 e. The lowest BCUT2D eigenvalue weighted by atomic mass is 10.2. The fourth-order valence-corrected chi connectivity index (χ4v) is 1.41. The molecular weight excluding hydrogens is 244 g/mol. The van der Waals surface area contributed by atoms with Gasteiger partial charge in [-0.3, -0.25) is 4.79 Å². The predicted molar refractivity (Wildman–Crippen MR) is 71.6 cm³/mol. The minimum Gasteiger partial charge on any atom is -0.385 e. The van der Waals surface area contributed by atoms with Crippen molar-refractivity contribution in [1.29, 1.82) is 0 Å². The van der Waals surface area contributed by atoms with Gasteiger partial charge in [0.15, 0.2) is 0 Å². The number of pyridine rings is 1. The molecule has 1 amide bonds. The van der Waals surface area contributed by atoms with Crippen LogP contribution in [0.25, 0.3) is 0 Å². The third kappa shape index (κ3) is 5.51. The molecule has 0 aromatic carbocycles. The quantitative estimate of drug-likeness (QED) is 0.761. The molecule has 0 fully saturated rings. The number of hydrogen-bond donors (Lipinski definition) is 2. The normalized spacial score (nSPS) is 11.3. The van der Waals surface area contributed by atoms with Gasteiger partial charge in [0.25, 0.3) is 5.91 Å². The molecule has 5 heteroatoms. The second-order valence-electron chi connectivity index (χ2n) is 4.05. The Balaban J connectivity index is 2.57. The zero-order valence-corrected chi connectivity index (χ0v) is 11.1. The lowest BCUT2D eigenvalue weighted by Gasteiger charge is -2.12. The number of amides is 1. The van der Waals surface area contributed by atoms with Gasteiger partial charge < -0.3 is 15.2 Å². The number of nitrogens with one attached hydrogen (secondary N) is 1.